The predicted octanol–water partition coefficient (Wildman–Crippen LogP) is 2.07. The number of nitrogens with zero attached hydrogens (tertiary/aromatic N) is 2. The Morgan fingerprint density at radius 1 is 1.05 bits per heavy atom. The quantitative estimate of drug-likeness (QED) is 0.865. The standard InChI is InChI=1S/C16H26N2O2/c1-3-16(20,4-2)13-17-9-11-18(12-10-17)14-7-5-6-8-15(14)19/h5-8,19-20H,3-4,9-13H2,1-2H3. The molecule has 0 saturated carbocycles. The van der Waals surface area contributed by atoms with Crippen molar-refractivity contribution in [2.24, 2.45) is 0 Å². The largest absolute Gasteiger partial charge is 0.506 e. The Morgan fingerprint density at radius 2 is 1.65 bits per heavy atom. The Bertz CT molecular complexity index is 424. The van der Waals surface area contributed by atoms with Crippen molar-refractivity contribution < 1.29 is 10.2 Å². The van der Waals surface area contributed by atoms with E-state index in [0.717, 1.165) is 51.3 Å². The van der Waals surface area contributed by atoms with Crippen LogP contribution in [0.3, 0.4) is 0 Å². The lowest BCUT2D eigenvalue weighted by Gasteiger charge is -2.40. The molecule has 0 spiro atoms. The van der Waals surface area contributed by atoms with Crippen LogP contribution in [0, 0.1) is 0 Å². The third-order valence-electron chi connectivity index (χ3n) is 4.43. The van der Waals surface area contributed by atoms with E-state index >= 15 is 0 Å². The highest BCUT2D eigenvalue weighted by atomic mass is 16.3. The maximum absolute atomic E-state index is 10.4. The molecule has 1 aliphatic heterocycles. The summed E-state index contributed by atoms with van der Waals surface area (Å²) in [5.41, 5.74) is 0.352. The number of benzene rings is 1. The van der Waals surface area contributed by atoms with E-state index in [1.165, 1.54) is 0 Å². The minimum Gasteiger partial charge on any atom is -0.506 e. The first-order valence-electron chi connectivity index (χ1n) is 7.55. The minimum absolute atomic E-state index is 0.347. The van der Waals surface area contributed by atoms with Gasteiger partial charge in [-0.15, -0.1) is 0 Å². The van der Waals surface area contributed by atoms with Gasteiger partial charge in [-0.2, -0.15) is 0 Å². The molecule has 4 heteroatoms. The summed E-state index contributed by atoms with van der Waals surface area (Å²) in [6.07, 6.45) is 1.59. The normalized spacial score (nSPS) is 17.4. The smallest absolute Gasteiger partial charge is 0.138 e. The van der Waals surface area contributed by atoms with Gasteiger partial charge >= 0.3 is 0 Å². The second kappa shape index (κ2) is 6.46. The number of phenols is 1. The topological polar surface area (TPSA) is 46.9 Å². The first-order valence-corrected chi connectivity index (χ1v) is 7.55. The van der Waals surface area contributed by atoms with Crippen LogP contribution in [-0.2, 0) is 0 Å². The van der Waals surface area contributed by atoms with Gasteiger partial charge in [-0.05, 0) is 25.0 Å². The number of rotatable bonds is 5. The second-order valence-corrected chi connectivity index (χ2v) is 5.68. The third kappa shape index (κ3) is 3.44. The molecule has 2 N–H and O–H groups in total. The van der Waals surface area contributed by atoms with Gasteiger partial charge in [0.15, 0.2) is 0 Å². The molecular weight excluding hydrogens is 252 g/mol. The lowest BCUT2D eigenvalue weighted by atomic mass is 9.96. The van der Waals surface area contributed by atoms with Gasteiger partial charge in [0, 0.05) is 32.7 Å². The molecule has 1 saturated heterocycles. The molecule has 112 valence electrons. The maximum atomic E-state index is 10.4. The fourth-order valence-corrected chi connectivity index (χ4v) is 2.77. The van der Waals surface area contributed by atoms with Crippen LogP contribution in [0.1, 0.15) is 26.7 Å². The van der Waals surface area contributed by atoms with Gasteiger partial charge in [-0.25, -0.2) is 0 Å². The van der Waals surface area contributed by atoms with Gasteiger partial charge in [-0.3, -0.25) is 4.90 Å². The van der Waals surface area contributed by atoms with E-state index in [1.54, 1.807) is 6.07 Å². The zero-order valence-corrected chi connectivity index (χ0v) is 12.5. The molecular formula is C16H26N2O2. The summed E-state index contributed by atoms with van der Waals surface area (Å²) in [4.78, 5) is 4.53. The number of para-hydroxylation sites is 2. The van der Waals surface area contributed by atoms with E-state index < -0.39 is 5.60 Å². The van der Waals surface area contributed by atoms with Gasteiger partial charge in [-0.1, -0.05) is 26.0 Å². The van der Waals surface area contributed by atoms with Crippen LogP contribution in [0.15, 0.2) is 24.3 Å². The predicted molar refractivity (Wildman–Crippen MR) is 82.3 cm³/mol. The first-order chi connectivity index (χ1) is 9.58. The van der Waals surface area contributed by atoms with Crippen LogP contribution in [0.2, 0.25) is 0 Å². The minimum atomic E-state index is -0.558. The van der Waals surface area contributed by atoms with Crippen LogP contribution >= 0.6 is 0 Å². The van der Waals surface area contributed by atoms with Crippen molar-refractivity contribution in [3.05, 3.63) is 24.3 Å². The van der Waals surface area contributed by atoms with Crippen LogP contribution in [0.25, 0.3) is 0 Å². The molecule has 2 rings (SSSR count). The molecule has 20 heavy (non-hydrogen) atoms. The van der Waals surface area contributed by atoms with Crippen molar-refractivity contribution in [1.29, 1.82) is 0 Å². The van der Waals surface area contributed by atoms with Gasteiger partial charge in [0.25, 0.3) is 0 Å². The summed E-state index contributed by atoms with van der Waals surface area (Å²) in [6.45, 7) is 8.47. The van der Waals surface area contributed by atoms with Crippen LogP contribution in [-0.4, -0.2) is 53.4 Å². The van der Waals surface area contributed by atoms with Crippen molar-refractivity contribution in [2.45, 2.75) is 32.3 Å². The van der Waals surface area contributed by atoms with Crippen LogP contribution < -0.4 is 4.90 Å². The van der Waals surface area contributed by atoms with Crippen molar-refractivity contribution in [3.8, 4) is 5.75 Å². The molecule has 0 unspecified atom stereocenters. The molecule has 0 amide bonds. The van der Waals surface area contributed by atoms with Gasteiger partial charge in [0.05, 0.1) is 11.3 Å². The highest BCUT2D eigenvalue weighted by Gasteiger charge is 2.28. The third-order valence-corrected chi connectivity index (χ3v) is 4.43. The van der Waals surface area contributed by atoms with E-state index in [0.29, 0.717) is 5.75 Å². The summed E-state index contributed by atoms with van der Waals surface area (Å²) in [6, 6.07) is 7.49. The number of piperazine rings is 1. The Hall–Kier alpha value is -1.26. The van der Waals surface area contributed by atoms with Crippen molar-refractivity contribution in [3.63, 3.8) is 0 Å². The number of β-amino-alcohol motifs (C(OH)–C–C–N with tert-alkyl or cyclic N) is 1. The second-order valence-electron chi connectivity index (χ2n) is 5.68. The number of hydrogen-bond acceptors (Lipinski definition) is 4. The number of aromatic hydroxyl groups is 1. The van der Waals surface area contributed by atoms with Gasteiger partial charge in [0.2, 0.25) is 0 Å². The molecule has 1 aliphatic rings. The Balaban J connectivity index is 1.91. The number of anilines is 1. The average molecular weight is 278 g/mol. The summed E-state index contributed by atoms with van der Waals surface area (Å²) >= 11 is 0. The lowest BCUT2D eigenvalue weighted by molar-refractivity contribution is -0.00457. The molecule has 0 aliphatic carbocycles. The summed E-state index contributed by atoms with van der Waals surface area (Å²) in [7, 11) is 0. The Kier molecular flexibility index (Phi) is 4.89. The monoisotopic (exact) mass is 278 g/mol. The average Bonchev–Trinajstić information content (AvgIpc) is 2.49. The van der Waals surface area contributed by atoms with Crippen LogP contribution in [0.4, 0.5) is 5.69 Å². The molecule has 1 aromatic carbocycles. The molecule has 1 fully saturated rings. The molecule has 4 nitrogen and oxygen atoms in total. The lowest BCUT2D eigenvalue weighted by Crippen LogP contribution is -2.51. The number of hydrogen-bond donors (Lipinski definition) is 2. The summed E-state index contributed by atoms with van der Waals surface area (Å²) < 4.78 is 0. The van der Waals surface area contributed by atoms with Crippen molar-refractivity contribution in [1.82, 2.24) is 4.90 Å². The highest BCUT2D eigenvalue weighted by molar-refractivity contribution is 5.57. The Morgan fingerprint density at radius 3 is 2.20 bits per heavy atom. The van der Waals surface area contributed by atoms with E-state index in [1.807, 2.05) is 32.0 Å². The maximum Gasteiger partial charge on any atom is 0.138 e. The molecule has 0 radical (unpaired) electrons. The molecule has 0 aromatic heterocycles. The fourth-order valence-electron chi connectivity index (χ4n) is 2.77. The summed E-state index contributed by atoms with van der Waals surface area (Å²) in [5, 5.41) is 20.3. The van der Waals surface area contributed by atoms with E-state index in [-0.39, 0.29) is 0 Å². The van der Waals surface area contributed by atoms with E-state index in [2.05, 4.69) is 9.80 Å². The van der Waals surface area contributed by atoms with Crippen molar-refractivity contribution in [2.75, 3.05) is 37.6 Å². The fraction of sp³-hybridized carbons (Fsp3) is 0.625. The zero-order valence-electron chi connectivity index (χ0n) is 12.5. The molecule has 0 bridgehead atoms. The van der Waals surface area contributed by atoms with Crippen LogP contribution in [0.5, 0.6) is 5.75 Å². The highest BCUT2D eigenvalue weighted by Crippen LogP contribution is 2.27. The molecule has 0 atom stereocenters. The molecule has 1 heterocycles. The first kappa shape index (κ1) is 15.1. The van der Waals surface area contributed by atoms with E-state index in [9.17, 15) is 10.2 Å². The number of phenolic OH excluding ortho intramolecular Hbond substituents is 1. The Labute approximate surface area is 121 Å². The van der Waals surface area contributed by atoms with E-state index in [4.69, 9.17) is 0 Å². The van der Waals surface area contributed by atoms with Crippen molar-refractivity contribution >= 4 is 5.69 Å². The SMILES string of the molecule is CCC(O)(CC)CN1CCN(c2ccccc2O)CC1. The molecule has 1 aromatic rings. The zero-order chi connectivity index (χ0) is 14.6. The number of aliphatic hydroxyl groups is 1. The van der Waals surface area contributed by atoms with Gasteiger partial charge < -0.3 is 15.1 Å². The van der Waals surface area contributed by atoms with Gasteiger partial charge in [0.1, 0.15) is 5.75 Å². The summed E-state index contributed by atoms with van der Waals surface area (Å²) in [5.74, 6) is 0.347.